The van der Waals surface area contributed by atoms with Crippen LogP contribution in [0.15, 0.2) is 47.6 Å². The van der Waals surface area contributed by atoms with Gasteiger partial charge in [0.2, 0.25) is 5.76 Å². The van der Waals surface area contributed by atoms with Crippen LogP contribution in [0.3, 0.4) is 0 Å². The van der Waals surface area contributed by atoms with Crippen LogP contribution in [0.4, 0.5) is 0 Å². The Morgan fingerprint density at radius 3 is 2.51 bits per heavy atom. The number of hydrogen-bond donors (Lipinski definition) is 0. The van der Waals surface area contributed by atoms with E-state index in [0.29, 0.717) is 30.1 Å². The van der Waals surface area contributed by atoms with E-state index in [4.69, 9.17) is 18.7 Å². The zero-order valence-corrected chi connectivity index (χ0v) is 29.5. The molecule has 11 nitrogen and oxygen atoms in total. The van der Waals surface area contributed by atoms with Crippen molar-refractivity contribution in [2.45, 2.75) is 91.0 Å². The number of ether oxygens (including phenoxy) is 3. The average molecular weight is 674 g/mol. The Morgan fingerprint density at radius 2 is 1.82 bits per heavy atom. The van der Waals surface area contributed by atoms with E-state index in [0.717, 1.165) is 0 Å². The first-order valence-electron chi connectivity index (χ1n) is 17.0. The van der Waals surface area contributed by atoms with Gasteiger partial charge in [0, 0.05) is 48.0 Å². The van der Waals surface area contributed by atoms with Gasteiger partial charge in [0.1, 0.15) is 48.0 Å². The highest BCUT2D eigenvalue weighted by Gasteiger charge is 2.69. The fraction of sp³-hybridized carbons (Fsp3) is 0.579. The topological polar surface area (TPSA) is 138 Å². The first-order valence-corrected chi connectivity index (χ1v) is 17.0. The molecule has 11 heteroatoms. The molecule has 2 aromatic heterocycles. The Labute approximate surface area is 288 Å². The van der Waals surface area contributed by atoms with Gasteiger partial charge in [0.25, 0.3) is 0 Å². The Bertz CT molecular complexity index is 1660. The molecule has 0 N–H and O–H groups in total. The fourth-order valence-corrected chi connectivity index (χ4v) is 8.34. The highest BCUT2D eigenvalue weighted by molar-refractivity contribution is 5.99. The maximum atomic E-state index is 14.7. The molecular weight excluding hydrogens is 626 g/mol. The summed E-state index contributed by atoms with van der Waals surface area (Å²) in [5.41, 5.74) is -2.03. The standard InChI is InChI=1S/C38H47N3O8/c1-9-13-25(4)41-21-37(7)32-30(41)35(45)48-38(32,8)22-46-34(44)26(5)31(42)23(2)19-36(6,20-24(3)33(37)43)47-17-12-14-27-18-29(40-49-27)28-15-10-11-16-39-28/h9-11,15-16,18,23-26,30,32H,1,13,17,19-22H2,2-8H3/t23-,24-,25?,26-,30-,32?,36+,37-,38-/m1/s1. The molecule has 2 aromatic rings. The van der Waals surface area contributed by atoms with E-state index < -0.39 is 58.3 Å². The van der Waals surface area contributed by atoms with Gasteiger partial charge in [-0.3, -0.25) is 29.1 Å². The van der Waals surface area contributed by atoms with Gasteiger partial charge in [0.05, 0.1) is 11.3 Å². The molecule has 9 atom stereocenters. The normalized spacial score (nSPS) is 34.6. The van der Waals surface area contributed by atoms with Gasteiger partial charge in [-0.15, -0.1) is 6.58 Å². The Hall–Kier alpha value is -4.14. The van der Waals surface area contributed by atoms with Crippen molar-refractivity contribution in [2.24, 2.45) is 29.1 Å². The number of likely N-dealkylation sites (tertiary alicyclic amines) is 1. The summed E-state index contributed by atoms with van der Waals surface area (Å²) in [4.78, 5) is 61.3. The van der Waals surface area contributed by atoms with Crippen molar-refractivity contribution >= 4 is 23.5 Å². The summed E-state index contributed by atoms with van der Waals surface area (Å²) < 4.78 is 23.5. The molecule has 0 radical (unpaired) electrons. The summed E-state index contributed by atoms with van der Waals surface area (Å²) >= 11 is 0. The van der Waals surface area contributed by atoms with Crippen LogP contribution in [0.25, 0.3) is 11.4 Å². The number of rotatable bonds is 6. The van der Waals surface area contributed by atoms with E-state index in [1.54, 1.807) is 32.2 Å². The van der Waals surface area contributed by atoms with Crippen LogP contribution in [0.1, 0.15) is 73.5 Å². The predicted molar refractivity (Wildman–Crippen MR) is 180 cm³/mol. The molecule has 2 unspecified atom stereocenters. The molecule has 49 heavy (non-hydrogen) atoms. The van der Waals surface area contributed by atoms with E-state index in [2.05, 4.69) is 28.6 Å². The number of cyclic esters (lactones) is 1. The predicted octanol–water partition coefficient (Wildman–Crippen LogP) is 4.83. The first kappa shape index (κ1) is 36.1. The van der Waals surface area contributed by atoms with E-state index in [-0.39, 0.29) is 43.7 Å². The number of aromatic nitrogens is 2. The van der Waals surface area contributed by atoms with Crippen LogP contribution in [-0.2, 0) is 33.4 Å². The van der Waals surface area contributed by atoms with Gasteiger partial charge in [0.15, 0.2) is 0 Å². The SMILES string of the molecule is C=CCC(C)N1C[C@@]2(C)C(=O)[C@H](C)C[C@@](C)(OCC#Cc3cc(-c4ccccn4)no3)C[C@@H](C)C(=O)[C@@H](C)C(=O)OC[C@@]3(C)OC(=O)[C@H]1C32. The monoisotopic (exact) mass is 673 g/mol. The van der Waals surface area contributed by atoms with Crippen molar-refractivity contribution < 1.29 is 37.9 Å². The Kier molecular flexibility index (Phi) is 10.3. The Morgan fingerprint density at radius 1 is 1.08 bits per heavy atom. The third-order valence-electron chi connectivity index (χ3n) is 10.6. The zero-order valence-electron chi connectivity index (χ0n) is 29.5. The number of esters is 2. The van der Waals surface area contributed by atoms with Crippen molar-refractivity contribution in [1.29, 1.82) is 0 Å². The number of carbonyl (C=O) groups excluding carboxylic acids is 4. The lowest BCUT2D eigenvalue weighted by Crippen LogP contribution is -2.52. The van der Waals surface area contributed by atoms with Crippen molar-refractivity contribution in [3.05, 3.63) is 48.9 Å². The number of pyridine rings is 1. The largest absolute Gasteiger partial charge is 0.461 e. The van der Waals surface area contributed by atoms with Gasteiger partial charge in [-0.05, 0) is 65.0 Å². The zero-order chi connectivity index (χ0) is 35.7. The maximum absolute atomic E-state index is 14.7. The van der Waals surface area contributed by atoms with Crippen LogP contribution in [0, 0.1) is 40.9 Å². The lowest BCUT2D eigenvalue weighted by molar-refractivity contribution is -0.172. The van der Waals surface area contributed by atoms with Gasteiger partial charge in [-0.1, -0.05) is 44.0 Å². The highest BCUT2D eigenvalue weighted by Crippen LogP contribution is 2.55. The second-order valence-corrected chi connectivity index (χ2v) is 14.8. The second-order valence-electron chi connectivity index (χ2n) is 14.8. The number of hydrogen-bond acceptors (Lipinski definition) is 11. The summed E-state index contributed by atoms with van der Waals surface area (Å²) in [7, 11) is 0. The summed E-state index contributed by atoms with van der Waals surface area (Å²) in [6, 6.07) is 6.41. The molecule has 0 aromatic carbocycles. The van der Waals surface area contributed by atoms with Gasteiger partial charge < -0.3 is 18.7 Å². The second kappa shape index (κ2) is 14.0. The molecule has 3 fully saturated rings. The van der Waals surface area contributed by atoms with Crippen molar-refractivity contribution in [3.63, 3.8) is 0 Å². The van der Waals surface area contributed by atoms with E-state index >= 15 is 0 Å². The molecule has 3 aliphatic heterocycles. The molecular formula is C38H47N3O8. The Balaban J connectivity index is 1.44. The number of Topliss-reactive ketones (excluding diaryl/α,β-unsaturated/α-hetero) is 2. The lowest BCUT2D eigenvalue weighted by atomic mass is 9.64. The molecule has 0 saturated carbocycles. The van der Waals surface area contributed by atoms with Crippen LogP contribution >= 0.6 is 0 Å². The summed E-state index contributed by atoms with van der Waals surface area (Å²) in [6.07, 6.45) is 4.62. The van der Waals surface area contributed by atoms with E-state index in [1.807, 2.05) is 50.8 Å². The van der Waals surface area contributed by atoms with Crippen LogP contribution in [-0.4, -0.2) is 81.6 Å². The molecule has 0 spiro atoms. The minimum atomic E-state index is -1.27. The lowest BCUT2D eigenvalue weighted by Gasteiger charge is -2.41. The third-order valence-corrected chi connectivity index (χ3v) is 10.6. The molecule has 262 valence electrons. The van der Waals surface area contributed by atoms with Gasteiger partial charge in [-0.2, -0.15) is 0 Å². The first-order chi connectivity index (χ1) is 23.1. The van der Waals surface area contributed by atoms with Crippen molar-refractivity contribution in [1.82, 2.24) is 15.0 Å². The van der Waals surface area contributed by atoms with Crippen LogP contribution in [0.2, 0.25) is 0 Å². The summed E-state index contributed by atoms with van der Waals surface area (Å²) in [6.45, 7) is 16.6. The van der Waals surface area contributed by atoms with E-state index in [1.165, 1.54) is 6.92 Å². The smallest absolute Gasteiger partial charge is 0.324 e. The average Bonchev–Trinajstić information content (AvgIpc) is 3.75. The van der Waals surface area contributed by atoms with E-state index in [9.17, 15) is 19.2 Å². The van der Waals surface area contributed by atoms with Crippen LogP contribution < -0.4 is 0 Å². The summed E-state index contributed by atoms with van der Waals surface area (Å²) in [5, 5.41) is 4.04. The number of ketones is 2. The quantitative estimate of drug-likeness (QED) is 0.180. The molecule has 3 aliphatic rings. The molecule has 0 bridgehead atoms. The molecule has 0 amide bonds. The number of carbonyl (C=O) groups is 4. The van der Waals surface area contributed by atoms with Crippen molar-refractivity contribution in [2.75, 3.05) is 19.8 Å². The van der Waals surface area contributed by atoms with Gasteiger partial charge in [-0.25, -0.2) is 0 Å². The molecule has 3 saturated heterocycles. The molecule has 0 aliphatic carbocycles. The number of nitrogens with zero attached hydrogens (tertiary/aromatic N) is 3. The van der Waals surface area contributed by atoms with Crippen LogP contribution in [0.5, 0.6) is 0 Å². The molecule has 5 heterocycles. The minimum Gasteiger partial charge on any atom is -0.461 e. The minimum absolute atomic E-state index is 0.00916. The van der Waals surface area contributed by atoms with Gasteiger partial charge >= 0.3 is 11.9 Å². The maximum Gasteiger partial charge on any atom is 0.324 e. The third kappa shape index (κ3) is 7.12. The highest BCUT2D eigenvalue weighted by atomic mass is 16.6. The molecule has 5 rings (SSSR count). The summed E-state index contributed by atoms with van der Waals surface area (Å²) in [5.74, 6) is 2.02. The van der Waals surface area contributed by atoms with Crippen molar-refractivity contribution in [3.8, 4) is 23.2 Å². The fourth-order valence-electron chi connectivity index (χ4n) is 8.34.